The Morgan fingerprint density at radius 3 is 2.40 bits per heavy atom. The Balaban J connectivity index is 2.30. The van der Waals surface area contributed by atoms with E-state index in [1.54, 1.807) is 31.2 Å². The minimum absolute atomic E-state index is 0.154. The van der Waals surface area contributed by atoms with Crippen molar-refractivity contribution >= 4 is 46.4 Å². The summed E-state index contributed by atoms with van der Waals surface area (Å²) in [6, 6.07) is 6.72. The van der Waals surface area contributed by atoms with E-state index in [-0.39, 0.29) is 16.2 Å². The molecule has 6 heteroatoms. The highest BCUT2D eigenvalue weighted by Crippen LogP contribution is 2.27. The van der Waals surface area contributed by atoms with Gasteiger partial charge in [-0.1, -0.05) is 40.9 Å². The van der Waals surface area contributed by atoms with Gasteiger partial charge >= 0.3 is 0 Å². The number of hydrogen-bond acceptors (Lipinski definition) is 2. The number of carbonyl (C=O) groups excluding carboxylic acids is 1. The van der Waals surface area contributed by atoms with Gasteiger partial charge in [-0.25, -0.2) is 4.98 Å². The second-order valence-electron chi connectivity index (χ2n) is 4.35. The van der Waals surface area contributed by atoms with Crippen LogP contribution in [-0.2, 0) is 0 Å². The molecule has 0 fully saturated rings. The van der Waals surface area contributed by atoms with E-state index in [0.29, 0.717) is 16.3 Å². The fourth-order valence-corrected chi connectivity index (χ4v) is 2.42. The van der Waals surface area contributed by atoms with Crippen LogP contribution in [-0.4, -0.2) is 10.9 Å². The average Bonchev–Trinajstić information content (AvgIpc) is 2.36. The largest absolute Gasteiger partial charge is 0.319 e. The van der Waals surface area contributed by atoms with E-state index < -0.39 is 0 Å². The van der Waals surface area contributed by atoms with Crippen LogP contribution in [0.4, 0.5) is 5.69 Å². The topological polar surface area (TPSA) is 42.0 Å². The summed E-state index contributed by atoms with van der Waals surface area (Å²) in [5.41, 5.74) is 2.54. The van der Waals surface area contributed by atoms with Gasteiger partial charge in [0.15, 0.2) is 5.15 Å². The number of anilines is 1. The Morgan fingerprint density at radius 1 is 1.10 bits per heavy atom. The lowest BCUT2D eigenvalue weighted by Crippen LogP contribution is -2.13. The normalized spacial score (nSPS) is 10.4. The molecule has 1 N–H and O–H groups in total. The fraction of sp³-hybridized carbons (Fsp3) is 0.143. The number of aromatic nitrogens is 1. The first-order valence-corrected chi connectivity index (χ1v) is 6.92. The molecule has 0 aliphatic carbocycles. The molecule has 1 aromatic heterocycles. The summed E-state index contributed by atoms with van der Waals surface area (Å²) < 4.78 is 0. The van der Waals surface area contributed by atoms with E-state index in [9.17, 15) is 4.79 Å². The average molecular weight is 330 g/mol. The Kier molecular flexibility index (Phi) is 4.53. The number of aryl methyl sites for hydroxylation is 2. The molecule has 0 atom stereocenters. The summed E-state index contributed by atoms with van der Waals surface area (Å²) >= 11 is 17.8. The van der Waals surface area contributed by atoms with E-state index in [1.807, 2.05) is 6.92 Å². The molecule has 0 aliphatic heterocycles. The van der Waals surface area contributed by atoms with Crippen molar-refractivity contribution in [2.75, 3.05) is 5.32 Å². The molecule has 2 aromatic rings. The predicted molar refractivity (Wildman–Crippen MR) is 83.1 cm³/mol. The molecule has 2 rings (SSSR count). The Labute approximate surface area is 131 Å². The second-order valence-corrected chi connectivity index (χ2v) is 5.50. The van der Waals surface area contributed by atoms with Gasteiger partial charge < -0.3 is 5.32 Å². The van der Waals surface area contributed by atoms with Gasteiger partial charge in [0.1, 0.15) is 5.15 Å². The zero-order valence-electron chi connectivity index (χ0n) is 10.8. The second kappa shape index (κ2) is 6.00. The molecule has 0 aliphatic rings. The van der Waals surface area contributed by atoms with Crippen molar-refractivity contribution in [2.24, 2.45) is 0 Å². The van der Waals surface area contributed by atoms with Gasteiger partial charge in [0.25, 0.3) is 5.91 Å². The van der Waals surface area contributed by atoms with Crippen LogP contribution in [0.2, 0.25) is 15.3 Å². The number of rotatable bonds is 2. The number of pyridine rings is 1. The van der Waals surface area contributed by atoms with Crippen LogP contribution >= 0.6 is 34.8 Å². The minimum atomic E-state index is -0.305. The van der Waals surface area contributed by atoms with Gasteiger partial charge in [-0.05, 0) is 43.2 Å². The zero-order chi connectivity index (χ0) is 14.9. The van der Waals surface area contributed by atoms with Crippen LogP contribution in [0.25, 0.3) is 0 Å². The van der Waals surface area contributed by atoms with Crippen LogP contribution in [0.3, 0.4) is 0 Å². The molecule has 0 unspecified atom stereocenters. The lowest BCUT2D eigenvalue weighted by molar-refractivity contribution is 0.102. The third-order valence-electron chi connectivity index (χ3n) is 2.81. The number of halogens is 3. The highest BCUT2D eigenvalue weighted by atomic mass is 35.5. The Hall–Kier alpha value is -1.29. The maximum atomic E-state index is 12.2. The SMILES string of the molecule is Cc1ccc(C(=O)Nc2c(C)cc(Cl)nc2Cl)cc1Cl. The summed E-state index contributed by atoms with van der Waals surface area (Å²) in [4.78, 5) is 16.1. The molecular formula is C14H11Cl3N2O. The molecule has 0 saturated heterocycles. The molecule has 0 saturated carbocycles. The van der Waals surface area contributed by atoms with Crippen molar-refractivity contribution in [2.45, 2.75) is 13.8 Å². The van der Waals surface area contributed by atoms with Crippen LogP contribution in [0.15, 0.2) is 24.3 Å². The van der Waals surface area contributed by atoms with Gasteiger partial charge in [0, 0.05) is 10.6 Å². The Morgan fingerprint density at radius 2 is 1.80 bits per heavy atom. The predicted octanol–water partition coefficient (Wildman–Crippen LogP) is 4.91. The Bertz CT molecular complexity index is 663. The quantitative estimate of drug-likeness (QED) is 0.795. The van der Waals surface area contributed by atoms with Crippen LogP contribution in [0, 0.1) is 13.8 Å². The third kappa shape index (κ3) is 3.23. The first-order chi connectivity index (χ1) is 9.38. The highest BCUT2D eigenvalue weighted by molar-refractivity contribution is 6.35. The third-order valence-corrected chi connectivity index (χ3v) is 3.69. The smallest absolute Gasteiger partial charge is 0.255 e. The molecule has 1 heterocycles. The van der Waals surface area contributed by atoms with Gasteiger partial charge in [-0.15, -0.1) is 0 Å². The first-order valence-electron chi connectivity index (χ1n) is 5.78. The van der Waals surface area contributed by atoms with Crippen molar-refractivity contribution < 1.29 is 4.79 Å². The van der Waals surface area contributed by atoms with E-state index >= 15 is 0 Å². The van der Waals surface area contributed by atoms with Gasteiger partial charge in [0.2, 0.25) is 0 Å². The summed E-state index contributed by atoms with van der Waals surface area (Å²) in [5.74, 6) is -0.305. The summed E-state index contributed by atoms with van der Waals surface area (Å²) in [7, 11) is 0. The molecule has 0 bridgehead atoms. The molecule has 0 radical (unpaired) electrons. The highest BCUT2D eigenvalue weighted by Gasteiger charge is 2.13. The summed E-state index contributed by atoms with van der Waals surface area (Å²) in [5, 5.41) is 3.69. The lowest BCUT2D eigenvalue weighted by atomic mass is 10.1. The van der Waals surface area contributed by atoms with E-state index in [2.05, 4.69) is 10.3 Å². The minimum Gasteiger partial charge on any atom is -0.319 e. The maximum absolute atomic E-state index is 12.2. The van der Waals surface area contributed by atoms with E-state index in [1.165, 1.54) is 0 Å². The fourth-order valence-electron chi connectivity index (χ4n) is 1.67. The number of amides is 1. The van der Waals surface area contributed by atoms with E-state index in [4.69, 9.17) is 34.8 Å². The van der Waals surface area contributed by atoms with Crippen LogP contribution in [0.5, 0.6) is 0 Å². The molecule has 104 valence electrons. The van der Waals surface area contributed by atoms with Gasteiger partial charge in [0.05, 0.1) is 5.69 Å². The summed E-state index contributed by atoms with van der Waals surface area (Å²) in [6.45, 7) is 3.66. The first kappa shape index (κ1) is 15.1. The van der Waals surface area contributed by atoms with Crippen molar-refractivity contribution in [1.29, 1.82) is 0 Å². The summed E-state index contributed by atoms with van der Waals surface area (Å²) in [6.07, 6.45) is 0. The monoisotopic (exact) mass is 328 g/mol. The van der Waals surface area contributed by atoms with Crippen LogP contribution in [0.1, 0.15) is 21.5 Å². The molecule has 3 nitrogen and oxygen atoms in total. The van der Waals surface area contributed by atoms with Gasteiger partial charge in [-0.3, -0.25) is 4.79 Å². The number of carbonyl (C=O) groups is 1. The zero-order valence-corrected chi connectivity index (χ0v) is 13.1. The van der Waals surface area contributed by atoms with Crippen molar-refractivity contribution in [1.82, 2.24) is 4.98 Å². The molecule has 20 heavy (non-hydrogen) atoms. The molecule has 0 spiro atoms. The molecule has 1 aromatic carbocycles. The number of nitrogens with one attached hydrogen (secondary N) is 1. The number of nitrogens with zero attached hydrogens (tertiary/aromatic N) is 1. The lowest BCUT2D eigenvalue weighted by Gasteiger charge is -2.10. The van der Waals surface area contributed by atoms with Gasteiger partial charge in [-0.2, -0.15) is 0 Å². The van der Waals surface area contributed by atoms with Crippen molar-refractivity contribution in [3.63, 3.8) is 0 Å². The van der Waals surface area contributed by atoms with Crippen molar-refractivity contribution in [3.8, 4) is 0 Å². The van der Waals surface area contributed by atoms with Crippen LogP contribution < -0.4 is 5.32 Å². The standard InChI is InChI=1S/C14H11Cl3N2O/c1-7-3-4-9(6-10(7)15)14(20)19-12-8(2)5-11(16)18-13(12)17/h3-6H,1-2H3,(H,19,20). The van der Waals surface area contributed by atoms with E-state index in [0.717, 1.165) is 11.1 Å². The number of hydrogen-bond donors (Lipinski definition) is 1. The maximum Gasteiger partial charge on any atom is 0.255 e. The molecule has 1 amide bonds. The molecular weight excluding hydrogens is 319 g/mol. The number of benzene rings is 1. The van der Waals surface area contributed by atoms with Crippen molar-refractivity contribution in [3.05, 3.63) is 56.3 Å².